The molecule has 0 spiro atoms. The summed E-state index contributed by atoms with van der Waals surface area (Å²) in [5, 5.41) is 3.52. The van der Waals surface area contributed by atoms with E-state index in [2.05, 4.69) is 5.32 Å². The second kappa shape index (κ2) is 12.2. The normalized spacial score (nSPS) is 11.8. The Morgan fingerprint density at radius 2 is 1.67 bits per heavy atom. The van der Waals surface area contributed by atoms with Crippen LogP contribution in [0.5, 0.6) is 0 Å². The van der Waals surface area contributed by atoms with Gasteiger partial charge in [-0.25, -0.2) is 8.42 Å². The molecule has 0 radical (unpaired) electrons. The number of carbonyl (C=O) groups excluding carboxylic acids is 1. The van der Waals surface area contributed by atoms with Crippen molar-refractivity contribution in [3.63, 3.8) is 0 Å². The maximum absolute atomic E-state index is 13.3. The zero-order chi connectivity index (χ0) is 26.3. The zero-order valence-electron chi connectivity index (χ0n) is 18.6. The number of halogens is 5. The number of rotatable bonds is 10. The summed E-state index contributed by atoms with van der Waals surface area (Å²) in [5.41, 5.74) is -0.337. The van der Waals surface area contributed by atoms with Crippen molar-refractivity contribution in [1.82, 2.24) is 5.32 Å². The number of sulfonamides is 1. The average Bonchev–Trinajstić information content (AvgIpc) is 2.84. The van der Waals surface area contributed by atoms with Crippen LogP contribution in [0.1, 0.15) is 11.1 Å². The van der Waals surface area contributed by atoms with E-state index in [0.717, 1.165) is 17.7 Å². The molecule has 5 nitrogen and oxygen atoms in total. The summed E-state index contributed by atoms with van der Waals surface area (Å²) >= 11 is 13.4. The van der Waals surface area contributed by atoms with Gasteiger partial charge in [0.05, 0.1) is 26.2 Å². The number of benzene rings is 3. The van der Waals surface area contributed by atoms with Gasteiger partial charge in [0.25, 0.3) is 10.0 Å². The van der Waals surface area contributed by atoms with Crippen LogP contribution in [-0.2, 0) is 26.7 Å². The van der Waals surface area contributed by atoms with Gasteiger partial charge in [-0.2, -0.15) is 24.9 Å². The number of nitrogens with zero attached hydrogens (tertiary/aromatic N) is 1. The van der Waals surface area contributed by atoms with Crippen molar-refractivity contribution in [2.45, 2.75) is 16.8 Å². The minimum atomic E-state index is -4.67. The summed E-state index contributed by atoms with van der Waals surface area (Å²) in [6.07, 6.45) is -4.67. The highest BCUT2D eigenvalue weighted by Gasteiger charge is 2.33. The highest BCUT2D eigenvalue weighted by Crippen LogP contribution is 2.33. The molecule has 0 aliphatic carbocycles. The van der Waals surface area contributed by atoms with Crippen LogP contribution < -0.4 is 9.62 Å². The van der Waals surface area contributed by atoms with Crippen LogP contribution in [0.4, 0.5) is 18.9 Å². The number of anilines is 1. The summed E-state index contributed by atoms with van der Waals surface area (Å²) in [6.45, 7) is -0.456. The molecule has 0 atom stereocenters. The maximum atomic E-state index is 13.3. The predicted molar refractivity (Wildman–Crippen MR) is 138 cm³/mol. The van der Waals surface area contributed by atoms with Crippen molar-refractivity contribution in [3.05, 3.63) is 94.0 Å². The fourth-order valence-corrected chi connectivity index (χ4v) is 5.70. The lowest BCUT2D eigenvalue weighted by Crippen LogP contribution is -2.41. The third-order valence-electron chi connectivity index (χ3n) is 4.90. The lowest BCUT2D eigenvalue weighted by atomic mass is 10.2. The molecule has 3 aromatic carbocycles. The minimum absolute atomic E-state index is 0.146. The van der Waals surface area contributed by atoms with E-state index in [0.29, 0.717) is 31.9 Å². The molecule has 0 saturated heterocycles. The topological polar surface area (TPSA) is 66.5 Å². The van der Waals surface area contributed by atoms with E-state index in [-0.39, 0.29) is 17.1 Å². The molecule has 0 aliphatic heterocycles. The van der Waals surface area contributed by atoms with Gasteiger partial charge in [0.2, 0.25) is 5.91 Å². The number of thioether (sulfide) groups is 1. The van der Waals surface area contributed by atoms with E-state index in [1.165, 1.54) is 42.1 Å². The summed E-state index contributed by atoms with van der Waals surface area (Å²) in [7, 11) is -4.31. The number of amides is 1. The maximum Gasteiger partial charge on any atom is 0.416 e. The summed E-state index contributed by atoms with van der Waals surface area (Å²) in [6, 6.07) is 16.3. The standard InChI is InChI=1S/C24H21Cl2F3N2O3S2/c25-21-10-9-17(13-22(21)26)16-35-12-11-30-23(32)15-31(36(33,34)20-7-2-1-3-8-20)19-6-4-5-18(14-19)24(27,28)29/h1-10,13-14H,11-12,15-16H2,(H,30,32). The molecule has 1 N–H and O–H groups in total. The van der Waals surface area contributed by atoms with Gasteiger partial charge in [0.1, 0.15) is 6.54 Å². The quantitative estimate of drug-likeness (QED) is 0.289. The fraction of sp³-hybridized carbons (Fsp3) is 0.208. The van der Waals surface area contributed by atoms with Gasteiger partial charge in [-0.05, 0) is 48.0 Å². The predicted octanol–water partition coefficient (Wildman–Crippen LogP) is 6.26. The van der Waals surface area contributed by atoms with Crippen molar-refractivity contribution in [1.29, 1.82) is 0 Å². The van der Waals surface area contributed by atoms with E-state index in [1.807, 2.05) is 6.07 Å². The van der Waals surface area contributed by atoms with Gasteiger partial charge in [0.15, 0.2) is 0 Å². The van der Waals surface area contributed by atoms with Crippen LogP contribution in [0.15, 0.2) is 77.7 Å². The number of carbonyl (C=O) groups is 1. The van der Waals surface area contributed by atoms with E-state index in [9.17, 15) is 26.4 Å². The molecule has 0 aliphatic rings. The summed E-state index contributed by atoms with van der Waals surface area (Å²) in [5.74, 6) is 0.481. The lowest BCUT2D eigenvalue weighted by molar-refractivity contribution is -0.137. The van der Waals surface area contributed by atoms with Gasteiger partial charge in [-0.15, -0.1) is 0 Å². The minimum Gasteiger partial charge on any atom is -0.354 e. The Morgan fingerprint density at radius 3 is 2.33 bits per heavy atom. The van der Waals surface area contributed by atoms with Crippen molar-refractivity contribution >= 4 is 56.6 Å². The average molecular weight is 577 g/mol. The Labute approximate surface area is 221 Å². The van der Waals surface area contributed by atoms with Crippen LogP contribution in [-0.4, -0.2) is 33.2 Å². The molecule has 0 aromatic heterocycles. The van der Waals surface area contributed by atoms with Crippen LogP contribution in [0.3, 0.4) is 0 Å². The monoisotopic (exact) mass is 576 g/mol. The van der Waals surface area contributed by atoms with Crippen LogP contribution >= 0.6 is 35.0 Å². The number of hydrogen-bond donors (Lipinski definition) is 1. The molecular formula is C24H21Cl2F3N2O3S2. The van der Waals surface area contributed by atoms with E-state index >= 15 is 0 Å². The van der Waals surface area contributed by atoms with Gasteiger partial charge in [-0.1, -0.05) is 53.5 Å². The summed E-state index contributed by atoms with van der Waals surface area (Å²) in [4.78, 5) is 12.5. The molecule has 3 rings (SSSR count). The Morgan fingerprint density at radius 1 is 0.944 bits per heavy atom. The Hall–Kier alpha value is -2.40. The van der Waals surface area contributed by atoms with Gasteiger partial charge < -0.3 is 5.32 Å². The van der Waals surface area contributed by atoms with Gasteiger partial charge in [-0.3, -0.25) is 9.10 Å². The van der Waals surface area contributed by atoms with Crippen LogP contribution in [0.25, 0.3) is 0 Å². The number of alkyl halides is 3. The molecule has 192 valence electrons. The number of nitrogens with one attached hydrogen (secondary N) is 1. The van der Waals surface area contributed by atoms with Crippen molar-refractivity contribution in [2.24, 2.45) is 0 Å². The van der Waals surface area contributed by atoms with E-state index in [1.54, 1.807) is 18.2 Å². The Bertz CT molecular complexity index is 1310. The first kappa shape index (κ1) is 28.2. The Balaban J connectivity index is 1.69. The third kappa shape index (κ3) is 7.55. The van der Waals surface area contributed by atoms with E-state index < -0.39 is 34.2 Å². The molecule has 0 fully saturated rings. The first-order chi connectivity index (χ1) is 17.0. The molecule has 0 saturated carbocycles. The summed E-state index contributed by atoms with van der Waals surface area (Å²) < 4.78 is 66.9. The fourth-order valence-electron chi connectivity index (χ4n) is 3.14. The molecule has 12 heteroatoms. The molecular weight excluding hydrogens is 556 g/mol. The smallest absolute Gasteiger partial charge is 0.354 e. The molecule has 0 heterocycles. The highest BCUT2D eigenvalue weighted by molar-refractivity contribution is 7.98. The lowest BCUT2D eigenvalue weighted by Gasteiger charge is -2.25. The Kier molecular flexibility index (Phi) is 9.57. The molecule has 1 amide bonds. The SMILES string of the molecule is O=C(CN(c1cccc(C(F)(F)F)c1)S(=O)(=O)c1ccccc1)NCCSCc1ccc(Cl)c(Cl)c1. The highest BCUT2D eigenvalue weighted by atomic mass is 35.5. The van der Waals surface area contributed by atoms with E-state index in [4.69, 9.17) is 23.2 Å². The number of hydrogen-bond acceptors (Lipinski definition) is 4. The third-order valence-corrected chi connectivity index (χ3v) is 8.46. The molecule has 36 heavy (non-hydrogen) atoms. The van der Waals surface area contributed by atoms with Gasteiger partial charge >= 0.3 is 6.18 Å². The molecule has 3 aromatic rings. The molecule has 0 unspecified atom stereocenters. The first-order valence-corrected chi connectivity index (χ1v) is 13.9. The second-order valence-corrected chi connectivity index (χ2v) is 11.3. The molecule has 0 bridgehead atoms. The van der Waals surface area contributed by atoms with Crippen LogP contribution in [0, 0.1) is 0 Å². The van der Waals surface area contributed by atoms with Crippen LogP contribution in [0.2, 0.25) is 10.0 Å². The zero-order valence-corrected chi connectivity index (χ0v) is 21.8. The first-order valence-electron chi connectivity index (χ1n) is 10.5. The van der Waals surface area contributed by atoms with Crippen molar-refractivity contribution < 1.29 is 26.4 Å². The van der Waals surface area contributed by atoms with Crippen molar-refractivity contribution in [3.8, 4) is 0 Å². The second-order valence-electron chi connectivity index (χ2n) is 7.52. The van der Waals surface area contributed by atoms with Gasteiger partial charge in [0, 0.05) is 18.1 Å². The largest absolute Gasteiger partial charge is 0.416 e. The van der Waals surface area contributed by atoms with Crippen molar-refractivity contribution in [2.75, 3.05) is 23.1 Å².